The monoisotopic (exact) mass is 257 g/mol. The van der Waals surface area contributed by atoms with Gasteiger partial charge in [-0.05, 0) is 25.3 Å². The van der Waals surface area contributed by atoms with E-state index in [4.69, 9.17) is 0 Å². The first kappa shape index (κ1) is 13.9. The van der Waals surface area contributed by atoms with E-state index >= 15 is 0 Å². The van der Waals surface area contributed by atoms with Gasteiger partial charge in [-0.3, -0.25) is 4.79 Å². The summed E-state index contributed by atoms with van der Waals surface area (Å²) in [5, 5.41) is 0. The molecule has 1 saturated heterocycles. The lowest BCUT2D eigenvalue weighted by Crippen LogP contribution is -2.23. The number of hydrogen-bond acceptors (Lipinski definition) is 2. The van der Waals surface area contributed by atoms with E-state index in [1.807, 2.05) is 26.0 Å². The van der Waals surface area contributed by atoms with Crippen LogP contribution in [0, 0.1) is 5.92 Å². The highest BCUT2D eigenvalue weighted by molar-refractivity contribution is 5.91. The molecule has 19 heavy (non-hydrogen) atoms. The number of likely N-dealkylation sites (tertiary alicyclic amines) is 1. The zero-order chi connectivity index (χ0) is 13.8. The fraction of sp³-hybridized carbons (Fsp3) is 0.471. The third-order valence-corrected chi connectivity index (χ3v) is 3.83. The highest BCUT2D eigenvalue weighted by Crippen LogP contribution is 2.31. The Labute approximate surface area is 116 Å². The molecule has 2 rings (SSSR count). The van der Waals surface area contributed by atoms with E-state index in [-0.39, 0.29) is 11.7 Å². The fourth-order valence-electron chi connectivity index (χ4n) is 2.56. The Bertz CT molecular complexity index is 461. The van der Waals surface area contributed by atoms with E-state index < -0.39 is 0 Å². The first-order valence-electron chi connectivity index (χ1n) is 7.15. The predicted octanol–water partition coefficient (Wildman–Crippen LogP) is 3.95. The van der Waals surface area contributed by atoms with Gasteiger partial charge < -0.3 is 4.90 Å². The van der Waals surface area contributed by atoms with Crippen molar-refractivity contribution in [1.29, 1.82) is 0 Å². The van der Waals surface area contributed by atoms with E-state index in [0.29, 0.717) is 6.04 Å². The molecule has 0 spiro atoms. The first-order chi connectivity index (χ1) is 9.09. The molecule has 0 aromatic heterocycles. The number of rotatable bonds is 4. The topological polar surface area (TPSA) is 20.3 Å². The van der Waals surface area contributed by atoms with Crippen LogP contribution in [0.2, 0.25) is 0 Å². The van der Waals surface area contributed by atoms with Crippen molar-refractivity contribution in [3.05, 3.63) is 47.7 Å². The lowest BCUT2D eigenvalue weighted by molar-refractivity contribution is -0.117. The van der Waals surface area contributed by atoms with Crippen LogP contribution in [0.1, 0.15) is 45.2 Å². The minimum atomic E-state index is 0.0852. The second kappa shape index (κ2) is 6.05. The van der Waals surface area contributed by atoms with E-state index in [0.717, 1.165) is 19.4 Å². The molecule has 0 bridgehead atoms. The SMILES string of the molecule is CC(C)C(=O)/C=C1\CCCN1C(C)c1ccccc1. The van der Waals surface area contributed by atoms with Crippen molar-refractivity contribution < 1.29 is 4.79 Å². The largest absolute Gasteiger partial charge is 0.368 e. The molecule has 1 fully saturated rings. The number of carbonyl (C=O) groups is 1. The van der Waals surface area contributed by atoms with Gasteiger partial charge in [0, 0.05) is 24.2 Å². The Kier molecular flexibility index (Phi) is 4.41. The van der Waals surface area contributed by atoms with Crippen LogP contribution in [-0.4, -0.2) is 17.2 Å². The van der Waals surface area contributed by atoms with Crippen LogP contribution < -0.4 is 0 Å². The van der Waals surface area contributed by atoms with Gasteiger partial charge in [-0.15, -0.1) is 0 Å². The lowest BCUT2D eigenvalue weighted by Gasteiger charge is -2.28. The van der Waals surface area contributed by atoms with Gasteiger partial charge in [0.2, 0.25) is 0 Å². The number of hydrogen-bond donors (Lipinski definition) is 0. The molecular weight excluding hydrogens is 234 g/mol. The molecule has 0 N–H and O–H groups in total. The quantitative estimate of drug-likeness (QED) is 0.761. The summed E-state index contributed by atoms with van der Waals surface area (Å²) < 4.78 is 0. The summed E-state index contributed by atoms with van der Waals surface area (Å²) >= 11 is 0. The summed E-state index contributed by atoms with van der Waals surface area (Å²) in [6.07, 6.45) is 4.03. The van der Waals surface area contributed by atoms with Gasteiger partial charge in [-0.25, -0.2) is 0 Å². The second-order valence-corrected chi connectivity index (χ2v) is 5.58. The Morgan fingerprint density at radius 2 is 1.89 bits per heavy atom. The molecular formula is C17H23NO. The third kappa shape index (κ3) is 3.25. The molecule has 2 nitrogen and oxygen atoms in total. The van der Waals surface area contributed by atoms with Crippen molar-refractivity contribution in [1.82, 2.24) is 4.90 Å². The molecule has 1 aromatic rings. The highest BCUT2D eigenvalue weighted by Gasteiger charge is 2.24. The van der Waals surface area contributed by atoms with Crippen LogP contribution in [-0.2, 0) is 4.79 Å². The van der Waals surface area contributed by atoms with E-state index in [2.05, 4.69) is 36.1 Å². The molecule has 1 aliphatic heterocycles. The van der Waals surface area contributed by atoms with Crippen molar-refractivity contribution in [2.45, 2.75) is 39.7 Å². The molecule has 2 heteroatoms. The number of nitrogens with zero attached hydrogens (tertiary/aromatic N) is 1. The normalized spacial score (nSPS) is 19.2. The van der Waals surface area contributed by atoms with Crippen LogP contribution in [0.5, 0.6) is 0 Å². The molecule has 1 aliphatic rings. The minimum Gasteiger partial charge on any atom is -0.368 e. The Hall–Kier alpha value is -1.57. The van der Waals surface area contributed by atoms with Crippen LogP contribution in [0.25, 0.3) is 0 Å². The molecule has 0 amide bonds. The van der Waals surface area contributed by atoms with Crippen LogP contribution in [0.15, 0.2) is 42.1 Å². The van der Waals surface area contributed by atoms with Gasteiger partial charge in [0.1, 0.15) is 0 Å². The summed E-state index contributed by atoms with van der Waals surface area (Å²) in [6.45, 7) is 7.18. The van der Waals surface area contributed by atoms with Gasteiger partial charge >= 0.3 is 0 Å². The Morgan fingerprint density at radius 3 is 2.53 bits per heavy atom. The van der Waals surface area contributed by atoms with Gasteiger partial charge in [0.25, 0.3) is 0 Å². The zero-order valence-electron chi connectivity index (χ0n) is 12.1. The molecule has 102 valence electrons. The fourth-order valence-corrected chi connectivity index (χ4v) is 2.56. The van der Waals surface area contributed by atoms with Gasteiger partial charge in [0.05, 0.1) is 6.04 Å². The standard InChI is InChI=1S/C17H23NO/c1-13(2)17(19)12-16-10-7-11-18(16)14(3)15-8-5-4-6-9-15/h4-6,8-9,12-14H,7,10-11H2,1-3H3/b16-12+. The first-order valence-corrected chi connectivity index (χ1v) is 7.15. The van der Waals surface area contributed by atoms with E-state index in [9.17, 15) is 4.79 Å². The summed E-state index contributed by atoms with van der Waals surface area (Å²) in [4.78, 5) is 14.3. The molecule has 1 heterocycles. The average molecular weight is 257 g/mol. The van der Waals surface area contributed by atoms with E-state index in [1.54, 1.807) is 0 Å². The smallest absolute Gasteiger partial charge is 0.159 e. The Balaban J connectivity index is 2.17. The average Bonchev–Trinajstić information content (AvgIpc) is 2.87. The molecule has 0 aliphatic carbocycles. The number of ketones is 1. The third-order valence-electron chi connectivity index (χ3n) is 3.83. The molecule has 1 unspecified atom stereocenters. The number of benzene rings is 1. The summed E-state index contributed by atoms with van der Waals surface area (Å²) in [7, 11) is 0. The van der Waals surface area contributed by atoms with Crippen molar-refractivity contribution in [3.8, 4) is 0 Å². The van der Waals surface area contributed by atoms with Gasteiger partial charge in [-0.1, -0.05) is 44.2 Å². The van der Waals surface area contributed by atoms with Crippen LogP contribution in [0.3, 0.4) is 0 Å². The van der Waals surface area contributed by atoms with Crippen molar-refractivity contribution in [2.75, 3.05) is 6.54 Å². The summed E-state index contributed by atoms with van der Waals surface area (Å²) in [5.74, 6) is 0.323. The van der Waals surface area contributed by atoms with Crippen molar-refractivity contribution >= 4 is 5.78 Å². The molecule has 1 aromatic carbocycles. The molecule has 1 atom stereocenters. The maximum Gasteiger partial charge on any atom is 0.159 e. The van der Waals surface area contributed by atoms with Crippen molar-refractivity contribution in [2.24, 2.45) is 5.92 Å². The van der Waals surface area contributed by atoms with Crippen LogP contribution >= 0.6 is 0 Å². The summed E-state index contributed by atoms with van der Waals surface area (Å²) in [5.41, 5.74) is 2.52. The van der Waals surface area contributed by atoms with Crippen LogP contribution in [0.4, 0.5) is 0 Å². The number of carbonyl (C=O) groups excluding carboxylic acids is 1. The second-order valence-electron chi connectivity index (χ2n) is 5.58. The highest BCUT2D eigenvalue weighted by atomic mass is 16.1. The summed E-state index contributed by atoms with van der Waals surface area (Å²) in [6, 6.07) is 10.8. The van der Waals surface area contributed by atoms with Crippen molar-refractivity contribution in [3.63, 3.8) is 0 Å². The number of allylic oxidation sites excluding steroid dienone is 2. The maximum atomic E-state index is 11.9. The van der Waals surface area contributed by atoms with E-state index in [1.165, 1.54) is 11.3 Å². The minimum absolute atomic E-state index is 0.0852. The zero-order valence-corrected chi connectivity index (χ0v) is 12.1. The molecule has 0 radical (unpaired) electrons. The predicted molar refractivity (Wildman–Crippen MR) is 78.7 cm³/mol. The van der Waals surface area contributed by atoms with Gasteiger partial charge in [-0.2, -0.15) is 0 Å². The van der Waals surface area contributed by atoms with Gasteiger partial charge in [0.15, 0.2) is 5.78 Å². The maximum absolute atomic E-state index is 11.9. The Morgan fingerprint density at radius 1 is 1.21 bits per heavy atom. The molecule has 0 saturated carbocycles. The lowest BCUT2D eigenvalue weighted by atomic mass is 10.1.